The summed E-state index contributed by atoms with van der Waals surface area (Å²) in [5.41, 5.74) is 3.16. The molecule has 0 spiro atoms. The third-order valence-corrected chi connectivity index (χ3v) is 5.64. The van der Waals surface area contributed by atoms with E-state index in [1.165, 1.54) is 0 Å². The zero-order valence-electron chi connectivity index (χ0n) is 18.9. The maximum absolute atomic E-state index is 12.9. The molecule has 0 unspecified atom stereocenters. The Bertz CT molecular complexity index is 1110. The fourth-order valence-corrected chi connectivity index (χ4v) is 3.77. The molecule has 32 heavy (non-hydrogen) atoms. The van der Waals surface area contributed by atoms with Crippen LogP contribution in [-0.2, 0) is 0 Å². The van der Waals surface area contributed by atoms with E-state index in [2.05, 4.69) is 22.9 Å². The van der Waals surface area contributed by atoms with E-state index in [1.54, 1.807) is 7.11 Å². The summed E-state index contributed by atoms with van der Waals surface area (Å²) in [5.74, 6) is 2.19. The molecule has 1 aliphatic heterocycles. The van der Waals surface area contributed by atoms with E-state index in [4.69, 9.17) is 14.0 Å². The van der Waals surface area contributed by atoms with Gasteiger partial charge in [0.05, 0.1) is 13.7 Å². The summed E-state index contributed by atoms with van der Waals surface area (Å²) in [7, 11) is 3.67. The van der Waals surface area contributed by atoms with E-state index in [1.807, 2.05) is 55.1 Å². The summed E-state index contributed by atoms with van der Waals surface area (Å²) in [6.45, 7) is 7.70. The van der Waals surface area contributed by atoms with Crippen molar-refractivity contribution in [1.29, 1.82) is 0 Å². The van der Waals surface area contributed by atoms with Crippen LogP contribution in [-0.4, -0.2) is 73.6 Å². The Morgan fingerprint density at radius 2 is 1.91 bits per heavy atom. The van der Waals surface area contributed by atoms with Crippen molar-refractivity contribution < 1.29 is 18.8 Å². The van der Waals surface area contributed by atoms with Crippen LogP contribution in [0.5, 0.6) is 11.5 Å². The van der Waals surface area contributed by atoms with Crippen LogP contribution in [0.2, 0.25) is 0 Å². The number of piperazine rings is 1. The number of hydrogen-bond donors (Lipinski definition) is 0. The third kappa shape index (κ3) is 4.48. The van der Waals surface area contributed by atoms with E-state index in [0.717, 1.165) is 42.9 Å². The van der Waals surface area contributed by atoms with E-state index in [9.17, 15) is 4.79 Å². The highest BCUT2D eigenvalue weighted by molar-refractivity contribution is 6.04. The molecule has 1 fully saturated rings. The van der Waals surface area contributed by atoms with Crippen molar-refractivity contribution >= 4 is 13.9 Å². The van der Waals surface area contributed by atoms with Crippen molar-refractivity contribution in [1.82, 2.24) is 19.9 Å². The molecule has 166 valence electrons. The predicted octanol–water partition coefficient (Wildman–Crippen LogP) is 2.43. The van der Waals surface area contributed by atoms with Crippen LogP contribution in [0.25, 0.3) is 22.8 Å². The van der Waals surface area contributed by atoms with E-state index in [0.29, 0.717) is 35.4 Å². The van der Waals surface area contributed by atoms with Crippen molar-refractivity contribution in [3.63, 3.8) is 0 Å². The van der Waals surface area contributed by atoms with Gasteiger partial charge in [0.15, 0.2) is 19.5 Å². The number of hydrogen-bond acceptors (Lipinski definition) is 7. The molecule has 1 saturated heterocycles. The number of aromatic nitrogens is 2. The first-order chi connectivity index (χ1) is 15.5. The summed E-state index contributed by atoms with van der Waals surface area (Å²) in [4.78, 5) is 21.6. The molecule has 0 radical (unpaired) electrons. The van der Waals surface area contributed by atoms with Gasteiger partial charge < -0.3 is 23.7 Å². The van der Waals surface area contributed by atoms with E-state index in [-0.39, 0.29) is 5.91 Å². The van der Waals surface area contributed by atoms with Crippen LogP contribution in [0.1, 0.15) is 22.8 Å². The normalized spacial score (nSPS) is 14.4. The molecule has 2 aromatic carbocycles. The average Bonchev–Trinajstić information content (AvgIpc) is 3.29. The maximum atomic E-state index is 12.9. The van der Waals surface area contributed by atoms with Crippen molar-refractivity contribution in [2.45, 2.75) is 13.8 Å². The zero-order valence-corrected chi connectivity index (χ0v) is 18.9. The molecule has 0 saturated carbocycles. The molecule has 1 aliphatic rings. The van der Waals surface area contributed by atoms with Crippen LogP contribution >= 0.6 is 0 Å². The first-order valence-electron chi connectivity index (χ1n) is 10.7. The highest BCUT2D eigenvalue weighted by atomic mass is 16.5. The lowest BCUT2D eigenvalue weighted by Crippen LogP contribution is -2.47. The molecule has 9 heteroatoms. The molecule has 1 amide bonds. The molecule has 0 N–H and O–H groups in total. The Labute approximate surface area is 188 Å². The highest BCUT2D eigenvalue weighted by Gasteiger charge is 2.21. The standard InChI is InChI=1S/C23H27BN4O4/c1-4-31-19-8-6-16(14-20(19)30-3)22-25-21(26-32-22)18-7-5-17(13-15(18)2)23(29)27-9-11-28(24)12-10-27/h5-8,13-14H,4,9-12,24H2,1-3H3. The van der Waals surface area contributed by atoms with Crippen LogP contribution in [0, 0.1) is 6.92 Å². The minimum absolute atomic E-state index is 0.0584. The van der Waals surface area contributed by atoms with Crippen molar-refractivity contribution in [3.05, 3.63) is 47.5 Å². The van der Waals surface area contributed by atoms with Crippen LogP contribution in [0.3, 0.4) is 0 Å². The lowest BCUT2D eigenvalue weighted by molar-refractivity contribution is 0.0699. The number of amides is 1. The molecular formula is C23H27BN4O4. The SMILES string of the molecule is BN1CCN(C(=O)c2ccc(-c3noc(-c4ccc(OCC)c(OC)c4)n3)c(C)c2)CC1. The molecule has 3 aromatic rings. The first-order valence-corrected chi connectivity index (χ1v) is 10.7. The van der Waals surface area contributed by atoms with Gasteiger partial charge in [0.2, 0.25) is 5.82 Å². The summed E-state index contributed by atoms with van der Waals surface area (Å²) in [6.07, 6.45) is 0. The monoisotopic (exact) mass is 434 g/mol. The number of nitrogens with zero attached hydrogens (tertiary/aromatic N) is 4. The average molecular weight is 434 g/mol. The third-order valence-electron chi connectivity index (χ3n) is 5.64. The zero-order chi connectivity index (χ0) is 22.7. The molecule has 2 heterocycles. The van der Waals surface area contributed by atoms with Gasteiger partial charge in [0.1, 0.15) is 0 Å². The number of ether oxygens (including phenoxy) is 2. The summed E-state index contributed by atoms with van der Waals surface area (Å²) >= 11 is 0. The number of methoxy groups -OCH3 is 1. The second-order valence-electron chi connectivity index (χ2n) is 7.85. The Morgan fingerprint density at radius 1 is 1.12 bits per heavy atom. The van der Waals surface area contributed by atoms with Crippen LogP contribution in [0.4, 0.5) is 0 Å². The number of benzene rings is 2. The Kier molecular flexibility index (Phi) is 6.46. The van der Waals surface area contributed by atoms with Crippen LogP contribution in [0.15, 0.2) is 40.9 Å². The van der Waals surface area contributed by atoms with Gasteiger partial charge in [-0.25, -0.2) is 0 Å². The van der Waals surface area contributed by atoms with Gasteiger partial charge in [-0.15, -0.1) is 0 Å². The van der Waals surface area contributed by atoms with E-state index >= 15 is 0 Å². The van der Waals surface area contributed by atoms with E-state index < -0.39 is 0 Å². The minimum Gasteiger partial charge on any atom is -0.493 e. The van der Waals surface area contributed by atoms with Gasteiger partial charge in [-0.2, -0.15) is 4.98 Å². The molecule has 0 aliphatic carbocycles. The second-order valence-corrected chi connectivity index (χ2v) is 7.85. The van der Waals surface area contributed by atoms with Gasteiger partial charge >= 0.3 is 0 Å². The fourth-order valence-electron chi connectivity index (χ4n) is 3.77. The van der Waals surface area contributed by atoms with Crippen molar-refractivity contribution in [2.24, 2.45) is 0 Å². The molecule has 8 nitrogen and oxygen atoms in total. The number of rotatable bonds is 6. The maximum Gasteiger partial charge on any atom is 0.258 e. The lowest BCUT2D eigenvalue weighted by atomic mass is 10.0. The molecular weight excluding hydrogens is 407 g/mol. The van der Waals surface area contributed by atoms with Crippen molar-refractivity contribution in [3.8, 4) is 34.3 Å². The second kappa shape index (κ2) is 9.44. The minimum atomic E-state index is 0.0584. The van der Waals surface area contributed by atoms with Gasteiger partial charge in [0.25, 0.3) is 11.8 Å². The summed E-state index contributed by atoms with van der Waals surface area (Å²) < 4.78 is 16.5. The highest BCUT2D eigenvalue weighted by Crippen LogP contribution is 2.33. The lowest BCUT2D eigenvalue weighted by Gasteiger charge is -2.32. The Morgan fingerprint density at radius 3 is 2.59 bits per heavy atom. The Hall–Kier alpha value is -3.33. The van der Waals surface area contributed by atoms with Gasteiger partial charge in [0, 0.05) is 42.9 Å². The fraction of sp³-hybridized carbons (Fsp3) is 0.348. The quantitative estimate of drug-likeness (QED) is 0.552. The summed E-state index contributed by atoms with van der Waals surface area (Å²) in [6, 6.07) is 11.1. The topological polar surface area (TPSA) is 80.9 Å². The molecule has 4 rings (SSSR count). The van der Waals surface area contributed by atoms with Crippen molar-refractivity contribution in [2.75, 3.05) is 39.9 Å². The van der Waals surface area contributed by atoms with Gasteiger partial charge in [-0.05, 0) is 49.7 Å². The smallest absolute Gasteiger partial charge is 0.258 e. The number of carbonyl (C=O) groups excluding carboxylic acids is 1. The van der Waals surface area contributed by atoms with Gasteiger partial charge in [-0.1, -0.05) is 11.2 Å². The largest absolute Gasteiger partial charge is 0.493 e. The summed E-state index contributed by atoms with van der Waals surface area (Å²) in [5, 5.41) is 4.15. The Balaban J connectivity index is 1.55. The first kappa shape index (κ1) is 21.9. The number of aryl methyl sites for hydroxylation is 1. The number of carbonyl (C=O) groups is 1. The van der Waals surface area contributed by atoms with Gasteiger partial charge in [-0.3, -0.25) is 4.79 Å². The predicted molar refractivity (Wildman–Crippen MR) is 124 cm³/mol. The molecule has 0 bridgehead atoms. The molecule has 1 aromatic heterocycles. The molecule has 0 atom stereocenters. The van der Waals surface area contributed by atoms with Crippen LogP contribution < -0.4 is 9.47 Å².